The van der Waals surface area contributed by atoms with Crippen molar-refractivity contribution in [1.82, 2.24) is 9.78 Å². The lowest BCUT2D eigenvalue weighted by Gasteiger charge is -2.21. The molecule has 1 unspecified atom stereocenters. The molecule has 17 heavy (non-hydrogen) atoms. The van der Waals surface area contributed by atoms with E-state index in [4.69, 9.17) is 10.5 Å². The highest BCUT2D eigenvalue weighted by Crippen LogP contribution is 2.36. The zero-order valence-corrected chi connectivity index (χ0v) is 10.1. The largest absolute Gasteiger partial charge is 0.255 e. The smallest absolute Gasteiger partial charge is 0.128 e. The Morgan fingerprint density at radius 2 is 2.24 bits per heavy atom. The van der Waals surface area contributed by atoms with Gasteiger partial charge < -0.3 is 0 Å². The van der Waals surface area contributed by atoms with Gasteiger partial charge in [-0.1, -0.05) is 6.92 Å². The van der Waals surface area contributed by atoms with Crippen LogP contribution in [0.15, 0.2) is 0 Å². The molecule has 0 bridgehead atoms. The zero-order valence-electron chi connectivity index (χ0n) is 10.1. The minimum Gasteiger partial charge on any atom is -0.255 e. The molecule has 0 saturated heterocycles. The third kappa shape index (κ3) is 2.03. The lowest BCUT2D eigenvalue weighted by Crippen LogP contribution is -2.13. The van der Waals surface area contributed by atoms with Crippen LogP contribution >= 0.6 is 0 Å². The number of rotatable bonds is 3. The summed E-state index contributed by atoms with van der Waals surface area (Å²) in [5.74, 6) is 0.325. The Bertz CT molecular complexity index is 487. The number of aromatic nitrogens is 2. The third-order valence-electron chi connectivity index (χ3n) is 3.44. The molecule has 0 saturated carbocycles. The number of nitriles is 2. The molecule has 0 spiro atoms. The van der Waals surface area contributed by atoms with Crippen molar-refractivity contribution in [2.24, 2.45) is 0 Å². The van der Waals surface area contributed by atoms with Crippen LogP contribution in [0.4, 0.5) is 0 Å². The average molecular weight is 228 g/mol. The molecular weight excluding hydrogens is 212 g/mol. The molecule has 0 radical (unpaired) electrons. The first kappa shape index (κ1) is 11.7. The predicted octanol–water partition coefficient (Wildman–Crippen LogP) is 2.30. The first-order chi connectivity index (χ1) is 8.31. The molecule has 1 aromatic heterocycles. The van der Waals surface area contributed by atoms with Crippen molar-refractivity contribution in [2.75, 3.05) is 0 Å². The molecule has 0 fully saturated rings. The molecule has 0 N–H and O–H groups in total. The Morgan fingerprint density at radius 3 is 2.88 bits per heavy atom. The number of aryl methyl sites for hydroxylation is 1. The normalized spacial score (nSPS) is 18.2. The van der Waals surface area contributed by atoms with Crippen LogP contribution in [0.1, 0.15) is 49.1 Å². The van der Waals surface area contributed by atoms with Crippen LogP contribution < -0.4 is 0 Å². The monoisotopic (exact) mass is 228 g/mol. The van der Waals surface area contributed by atoms with Crippen LogP contribution in [-0.2, 0) is 19.4 Å². The van der Waals surface area contributed by atoms with Crippen molar-refractivity contribution < 1.29 is 0 Å². The van der Waals surface area contributed by atoms with Gasteiger partial charge in [0.05, 0.1) is 17.8 Å². The minimum absolute atomic E-state index is 0.321. The maximum absolute atomic E-state index is 8.89. The molecule has 0 amide bonds. The van der Waals surface area contributed by atoms with Gasteiger partial charge in [0.2, 0.25) is 0 Å². The number of hydrogen-bond donors (Lipinski definition) is 0. The van der Waals surface area contributed by atoms with Crippen molar-refractivity contribution in [3.8, 4) is 12.1 Å². The fraction of sp³-hybridized carbons (Fsp3) is 0.615. The maximum atomic E-state index is 8.89. The molecule has 88 valence electrons. The minimum atomic E-state index is 0.321. The average Bonchev–Trinajstić information content (AvgIpc) is 2.70. The number of fused-ring (bicyclic) bond motifs is 1. The van der Waals surface area contributed by atoms with E-state index >= 15 is 0 Å². The molecule has 1 aliphatic rings. The van der Waals surface area contributed by atoms with Crippen LogP contribution in [-0.4, -0.2) is 9.78 Å². The van der Waals surface area contributed by atoms with E-state index in [2.05, 4.69) is 24.2 Å². The summed E-state index contributed by atoms with van der Waals surface area (Å²) >= 11 is 0. The molecule has 1 atom stereocenters. The molecular formula is C13H16N4. The van der Waals surface area contributed by atoms with E-state index in [0.29, 0.717) is 18.9 Å². The van der Waals surface area contributed by atoms with Crippen LogP contribution in [0.2, 0.25) is 0 Å². The SMILES string of the molecule is CCc1nn(CC#N)c2c1C(CC#N)CCC2. The lowest BCUT2D eigenvalue weighted by molar-refractivity contribution is 0.534. The first-order valence-corrected chi connectivity index (χ1v) is 6.14. The number of hydrogen-bond acceptors (Lipinski definition) is 3. The Labute approximate surface area is 101 Å². The van der Waals surface area contributed by atoms with Crippen molar-refractivity contribution in [3.63, 3.8) is 0 Å². The van der Waals surface area contributed by atoms with Gasteiger partial charge in [-0.05, 0) is 25.7 Å². The van der Waals surface area contributed by atoms with Gasteiger partial charge in [-0.2, -0.15) is 15.6 Å². The van der Waals surface area contributed by atoms with E-state index in [1.54, 1.807) is 0 Å². The van der Waals surface area contributed by atoms with E-state index in [1.165, 1.54) is 11.3 Å². The molecule has 0 aromatic carbocycles. The third-order valence-corrected chi connectivity index (χ3v) is 3.44. The topological polar surface area (TPSA) is 65.4 Å². The number of nitrogens with zero attached hydrogens (tertiary/aromatic N) is 4. The summed E-state index contributed by atoms with van der Waals surface area (Å²) in [4.78, 5) is 0. The Morgan fingerprint density at radius 1 is 1.41 bits per heavy atom. The summed E-state index contributed by atoms with van der Waals surface area (Å²) < 4.78 is 1.83. The van der Waals surface area contributed by atoms with E-state index in [1.807, 2.05) is 4.68 Å². The fourth-order valence-corrected chi connectivity index (χ4v) is 2.73. The second-order valence-electron chi connectivity index (χ2n) is 4.43. The van der Waals surface area contributed by atoms with Gasteiger partial charge in [-0.15, -0.1) is 0 Å². The van der Waals surface area contributed by atoms with Gasteiger partial charge >= 0.3 is 0 Å². The molecule has 4 nitrogen and oxygen atoms in total. The van der Waals surface area contributed by atoms with E-state index in [9.17, 15) is 0 Å². The Balaban J connectivity index is 2.45. The Kier molecular flexibility index (Phi) is 3.44. The van der Waals surface area contributed by atoms with Crippen LogP contribution in [0.25, 0.3) is 0 Å². The van der Waals surface area contributed by atoms with E-state index in [-0.39, 0.29) is 0 Å². The lowest BCUT2D eigenvalue weighted by atomic mass is 9.83. The highest BCUT2D eigenvalue weighted by atomic mass is 15.3. The van der Waals surface area contributed by atoms with E-state index in [0.717, 1.165) is 31.4 Å². The van der Waals surface area contributed by atoms with Gasteiger partial charge in [0.15, 0.2) is 0 Å². The second kappa shape index (κ2) is 5.01. The molecule has 1 heterocycles. The summed E-state index contributed by atoms with van der Waals surface area (Å²) in [5, 5.41) is 22.2. The van der Waals surface area contributed by atoms with Gasteiger partial charge in [0, 0.05) is 23.6 Å². The van der Waals surface area contributed by atoms with Gasteiger partial charge in [0.1, 0.15) is 6.54 Å². The highest BCUT2D eigenvalue weighted by Gasteiger charge is 2.27. The molecule has 4 heteroatoms. The molecule has 0 aliphatic heterocycles. The van der Waals surface area contributed by atoms with Crippen LogP contribution in [0, 0.1) is 22.7 Å². The fourth-order valence-electron chi connectivity index (χ4n) is 2.73. The summed E-state index contributed by atoms with van der Waals surface area (Å²) in [6, 6.07) is 4.42. The molecule has 1 aromatic rings. The highest BCUT2D eigenvalue weighted by molar-refractivity contribution is 5.33. The summed E-state index contributed by atoms with van der Waals surface area (Å²) in [6.45, 7) is 2.40. The first-order valence-electron chi connectivity index (χ1n) is 6.14. The molecule has 1 aliphatic carbocycles. The predicted molar refractivity (Wildman–Crippen MR) is 63.1 cm³/mol. The van der Waals surface area contributed by atoms with Crippen molar-refractivity contribution >= 4 is 0 Å². The summed E-state index contributed by atoms with van der Waals surface area (Å²) in [6.07, 6.45) is 4.61. The molecule has 2 rings (SSSR count). The quantitative estimate of drug-likeness (QED) is 0.797. The van der Waals surface area contributed by atoms with Gasteiger partial charge in [-0.3, -0.25) is 4.68 Å². The zero-order chi connectivity index (χ0) is 12.3. The van der Waals surface area contributed by atoms with Crippen molar-refractivity contribution in [2.45, 2.75) is 51.5 Å². The van der Waals surface area contributed by atoms with Crippen LogP contribution in [0.3, 0.4) is 0 Å². The van der Waals surface area contributed by atoms with Crippen molar-refractivity contribution in [3.05, 3.63) is 17.0 Å². The summed E-state index contributed by atoms with van der Waals surface area (Å²) in [7, 11) is 0. The van der Waals surface area contributed by atoms with Gasteiger partial charge in [0.25, 0.3) is 0 Å². The van der Waals surface area contributed by atoms with Gasteiger partial charge in [-0.25, -0.2) is 0 Å². The summed E-state index contributed by atoms with van der Waals surface area (Å²) in [5.41, 5.74) is 3.53. The van der Waals surface area contributed by atoms with E-state index < -0.39 is 0 Å². The Hall–Kier alpha value is -1.81. The second-order valence-corrected chi connectivity index (χ2v) is 4.43. The van der Waals surface area contributed by atoms with Crippen LogP contribution in [0.5, 0.6) is 0 Å². The van der Waals surface area contributed by atoms with Crippen molar-refractivity contribution in [1.29, 1.82) is 10.5 Å². The standard InChI is InChI=1S/C13H16N4/c1-2-11-13-10(6-7-14)4-3-5-12(13)17(16-11)9-8-15/h10H,2-6,9H2,1H3. The maximum Gasteiger partial charge on any atom is 0.128 e.